The number of pyridine rings is 1. The van der Waals surface area contributed by atoms with Crippen LogP contribution in [0.15, 0.2) is 10.7 Å². The number of nitrogen functional groups attached to an aromatic ring is 1. The Bertz CT molecular complexity index is 403. The Morgan fingerprint density at radius 2 is 2.25 bits per heavy atom. The molecular formula is C6H3BrFN3S. The lowest BCUT2D eigenvalue weighted by atomic mass is 10.4. The molecule has 62 valence electrons. The molecule has 0 aromatic carbocycles. The molecule has 0 radical (unpaired) electrons. The van der Waals surface area contributed by atoms with Gasteiger partial charge in [-0.15, -0.1) is 0 Å². The number of hydrogen-bond acceptors (Lipinski definition) is 4. The standard InChI is InChI=1S/C6H3BrFN3S/c7-4-2(8)1-3-5(11-4)12-6(9)10-3/h1H,(H2,9,10). The van der Waals surface area contributed by atoms with Gasteiger partial charge < -0.3 is 5.73 Å². The fourth-order valence-corrected chi connectivity index (χ4v) is 1.93. The number of fused-ring (bicyclic) bond motifs is 1. The van der Waals surface area contributed by atoms with E-state index >= 15 is 0 Å². The maximum absolute atomic E-state index is 12.9. The summed E-state index contributed by atoms with van der Waals surface area (Å²) < 4.78 is 13.1. The van der Waals surface area contributed by atoms with Crippen LogP contribution >= 0.6 is 27.3 Å². The van der Waals surface area contributed by atoms with E-state index in [2.05, 4.69) is 25.9 Å². The van der Waals surface area contributed by atoms with Gasteiger partial charge in [0.1, 0.15) is 15.0 Å². The fraction of sp³-hybridized carbons (Fsp3) is 0. The van der Waals surface area contributed by atoms with Crippen LogP contribution in [-0.4, -0.2) is 9.97 Å². The predicted octanol–water partition coefficient (Wildman–Crippen LogP) is 2.18. The molecule has 6 heteroatoms. The van der Waals surface area contributed by atoms with Crippen molar-refractivity contribution >= 4 is 42.7 Å². The first kappa shape index (κ1) is 7.88. The van der Waals surface area contributed by atoms with Gasteiger partial charge in [-0.1, -0.05) is 11.3 Å². The maximum atomic E-state index is 12.9. The monoisotopic (exact) mass is 247 g/mol. The van der Waals surface area contributed by atoms with Gasteiger partial charge in [0.15, 0.2) is 10.9 Å². The van der Waals surface area contributed by atoms with Crippen molar-refractivity contribution in [2.24, 2.45) is 0 Å². The van der Waals surface area contributed by atoms with Gasteiger partial charge in [-0.05, 0) is 15.9 Å². The van der Waals surface area contributed by atoms with E-state index in [0.717, 1.165) is 0 Å². The number of halogens is 2. The molecule has 0 aliphatic carbocycles. The van der Waals surface area contributed by atoms with Gasteiger partial charge in [0, 0.05) is 6.07 Å². The third-order valence-corrected chi connectivity index (χ3v) is 2.66. The highest BCUT2D eigenvalue weighted by molar-refractivity contribution is 9.10. The molecule has 0 aliphatic rings. The average Bonchev–Trinajstić information content (AvgIpc) is 2.30. The first-order valence-corrected chi connectivity index (χ1v) is 4.66. The summed E-state index contributed by atoms with van der Waals surface area (Å²) in [7, 11) is 0. The van der Waals surface area contributed by atoms with Crippen molar-refractivity contribution in [2.45, 2.75) is 0 Å². The molecule has 12 heavy (non-hydrogen) atoms. The summed E-state index contributed by atoms with van der Waals surface area (Å²) in [5.41, 5.74) is 5.92. The Hall–Kier alpha value is -0.750. The Morgan fingerprint density at radius 3 is 3.00 bits per heavy atom. The second kappa shape index (κ2) is 2.63. The molecule has 0 bridgehead atoms. The lowest BCUT2D eigenvalue weighted by Gasteiger charge is -1.90. The average molecular weight is 248 g/mol. The van der Waals surface area contributed by atoms with E-state index in [1.54, 1.807) is 0 Å². The van der Waals surface area contributed by atoms with Crippen LogP contribution in [0.2, 0.25) is 0 Å². The van der Waals surface area contributed by atoms with Crippen molar-refractivity contribution in [3.05, 3.63) is 16.5 Å². The van der Waals surface area contributed by atoms with Gasteiger partial charge in [0.05, 0.1) is 0 Å². The van der Waals surface area contributed by atoms with E-state index in [1.165, 1.54) is 17.4 Å². The van der Waals surface area contributed by atoms with Gasteiger partial charge in [0.25, 0.3) is 0 Å². The Kier molecular flexibility index (Phi) is 1.73. The molecule has 0 saturated carbocycles. The summed E-state index contributed by atoms with van der Waals surface area (Å²) in [4.78, 5) is 8.44. The number of nitrogens with two attached hydrogens (primary N) is 1. The highest BCUT2D eigenvalue weighted by atomic mass is 79.9. The van der Waals surface area contributed by atoms with Crippen LogP contribution in [0.4, 0.5) is 9.52 Å². The van der Waals surface area contributed by atoms with Crippen molar-refractivity contribution in [3.8, 4) is 0 Å². The van der Waals surface area contributed by atoms with Crippen molar-refractivity contribution in [1.29, 1.82) is 0 Å². The smallest absolute Gasteiger partial charge is 0.182 e. The quantitative estimate of drug-likeness (QED) is 0.727. The molecule has 0 amide bonds. The highest BCUT2D eigenvalue weighted by Gasteiger charge is 2.07. The molecule has 0 saturated heterocycles. The first-order chi connectivity index (χ1) is 5.66. The zero-order chi connectivity index (χ0) is 8.72. The highest BCUT2D eigenvalue weighted by Crippen LogP contribution is 2.25. The largest absolute Gasteiger partial charge is 0.375 e. The van der Waals surface area contributed by atoms with Gasteiger partial charge >= 0.3 is 0 Å². The second-order valence-corrected chi connectivity index (χ2v) is 3.90. The molecule has 0 unspecified atom stereocenters. The molecule has 0 aliphatic heterocycles. The van der Waals surface area contributed by atoms with Gasteiger partial charge in [0.2, 0.25) is 0 Å². The molecule has 0 spiro atoms. The van der Waals surface area contributed by atoms with E-state index in [9.17, 15) is 4.39 Å². The molecule has 0 fully saturated rings. The van der Waals surface area contributed by atoms with Crippen LogP contribution in [0.25, 0.3) is 10.3 Å². The van der Waals surface area contributed by atoms with E-state index in [4.69, 9.17) is 5.73 Å². The first-order valence-electron chi connectivity index (χ1n) is 3.05. The zero-order valence-corrected chi connectivity index (χ0v) is 8.12. The number of thiazole rings is 1. The van der Waals surface area contributed by atoms with E-state index in [1.807, 2.05) is 0 Å². The van der Waals surface area contributed by atoms with Crippen molar-refractivity contribution in [2.75, 3.05) is 5.73 Å². The summed E-state index contributed by atoms with van der Waals surface area (Å²) in [6.45, 7) is 0. The summed E-state index contributed by atoms with van der Waals surface area (Å²) in [5, 5.41) is 0.398. The number of aromatic nitrogens is 2. The third-order valence-electron chi connectivity index (χ3n) is 1.31. The minimum atomic E-state index is -0.423. The Balaban J connectivity index is 2.83. The number of nitrogens with zero attached hydrogens (tertiary/aromatic N) is 2. The van der Waals surface area contributed by atoms with Crippen LogP contribution in [0.1, 0.15) is 0 Å². The SMILES string of the molecule is Nc1nc2cc(F)c(Br)nc2s1. The molecule has 2 heterocycles. The van der Waals surface area contributed by atoms with Crippen LogP contribution in [0.5, 0.6) is 0 Å². The van der Waals surface area contributed by atoms with Gasteiger partial charge in [-0.25, -0.2) is 14.4 Å². The van der Waals surface area contributed by atoms with Gasteiger partial charge in [-0.3, -0.25) is 0 Å². The minimum absolute atomic E-state index is 0.193. The number of anilines is 1. The van der Waals surface area contributed by atoms with Crippen molar-refractivity contribution in [1.82, 2.24) is 9.97 Å². The van der Waals surface area contributed by atoms with Crippen LogP contribution < -0.4 is 5.73 Å². The molecule has 3 nitrogen and oxygen atoms in total. The fourth-order valence-electron chi connectivity index (χ4n) is 0.837. The van der Waals surface area contributed by atoms with Gasteiger partial charge in [-0.2, -0.15) is 0 Å². The minimum Gasteiger partial charge on any atom is -0.375 e. The summed E-state index contributed by atoms with van der Waals surface area (Å²) >= 11 is 4.21. The number of rotatable bonds is 0. The van der Waals surface area contributed by atoms with E-state index in [-0.39, 0.29) is 4.60 Å². The molecular weight excluding hydrogens is 245 g/mol. The molecule has 2 N–H and O–H groups in total. The van der Waals surface area contributed by atoms with E-state index < -0.39 is 5.82 Å². The third kappa shape index (κ3) is 1.16. The molecule has 2 rings (SSSR count). The zero-order valence-electron chi connectivity index (χ0n) is 5.71. The van der Waals surface area contributed by atoms with Crippen LogP contribution in [-0.2, 0) is 0 Å². The Morgan fingerprint density at radius 1 is 1.50 bits per heavy atom. The number of hydrogen-bond donors (Lipinski definition) is 1. The summed E-state index contributed by atoms with van der Waals surface area (Å²) in [6.07, 6.45) is 0. The summed E-state index contributed by atoms with van der Waals surface area (Å²) in [5.74, 6) is -0.423. The van der Waals surface area contributed by atoms with Crippen molar-refractivity contribution in [3.63, 3.8) is 0 Å². The Labute approximate surface area is 79.6 Å². The lowest BCUT2D eigenvalue weighted by Crippen LogP contribution is -1.83. The van der Waals surface area contributed by atoms with Crippen LogP contribution in [0, 0.1) is 5.82 Å². The molecule has 2 aromatic heterocycles. The topological polar surface area (TPSA) is 51.8 Å². The van der Waals surface area contributed by atoms with Crippen LogP contribution in [0.3, 0.4) is 0 Å². The predicted molar refractivity (Wildman–Crippen MR) is 49.5 cm³/mol. The van der Waals surface area contributed by atoms with E-state index in [0.29, 0.717) is 15.5 Å². The van der Waals surface area contributed by atoms with Crippen molar-refractivity contribution < 1.29 is 4.39 Å². The summed E-state index contributed by atoms with van der Waals surface area (Å²) in [6, 6.07) is 1.30. The molecule has 0 atom stereocenters. The molecule has 2 aromatic rings. The normalized spacial score (nSPS) is 10.8. The maximum Gasteiger partial charge on any atom is 0.182 e. The lowest BCUT2D eigenvalue weighted by molar-refractivity contribution is 0.616. The second-order valence-electron chi connectivity index (χ2n) is 2.14.